The van der Waals surface area contributed by atoms with Crippen LogP contribution in [0.4, 0.5) is 14.6 Å². The first-order valence-corrected chi connectivity index (χ1v) is 22.9. The number of benzene rings is 3. The van der Waals surface area contributed by atoms with E-state index >= 15 is 9.18 Å². The van der Waals surface area contributed by atoms with Crippen molar-refractivity contribution in [2.75, 3.05) is 31.7 Å². The fourth-order valence-corrected chi connectivity index (χ4v) is 10.7. The molecule has 5 atom stereocenters. The fraction of sp³-hybridized carbons (Fsp3) is 0.429. The molecule has 16 nitrogen and oxygen atoms in total. The zero-order chi connectivity index (χ0) is 46.7. The van der Waals surface area contributed by atoms with Crippen molar-refractivity contribution in [2.45, 2.75) is 96.4 Å². The molecule has 1 aliphatic carbocycles. The Bertz CT molecular complexity index is 3210. The molecule has 2 N–H and O–H groups in total. The van der Waals surface area contributed by atoms with Crippen molar-refractivity contribution in [3.05, 3.63) is 116 Å². The van der Waals surface area contributed by atoms with Crippen LogP contribution in [0.2, 0.25) is 0 Å². The molecule has 7 aromatic rings. The van der Waals surface area contributed by atoms with E-state index in [1.807, 2.05) is 17.9 Å². The first-order chi connectivity index (χ1) is 32.1. The summed E-state index contributed by atoms with van der Waals surface area (Å²) in [5.41, 5.74) is 5.10. The molecule has 0 spiro atoms. The smallest absolute Gasteiger partial charge is 0.438 e. The van der Waals surface area contributed by atoms with Gasteiger partial charge in [0.15, 0.2) is 5.82 Å². The zero-order valence-electron chi connectivity index (χ0n) is 38.4. The Balaban J connectivity index is 0.954. The number of carbonyl (C=O) groups is 1. The lowest BCUT2D eigenvalue weighted by Crippen LogP contribution is -2.41. The number of aryl methyl sites for hydroxylation is 3. The Hall–Kier alpha value is -6.82. The summed E-state index contributed by atoms with van der Waals surface area (Å²) in [5.74, 6) is -0.0339. The van der Waals surface area contributed by atoms with Crippen LogP contribution >= 0.6 is 0 Å². The van der Waals surface area contributed by atoms with Crippen LogP contribution in [0.1, 0.15) is 103 Å². The van der Waals surface area contributed by atoms with Crippen molar-refractivity contribution in [1.82, 2.24) is 39.2 Å². The lowest BCUT2D eigenvalue weighted by atomic mass is 9.83. The summed E-state index contributed by atoms with van der Waals surface area (Å²) in [4.78, 5) is 37.4. The largest absolute Gasteiger partial charge is 0.491 e. The number of ether oxygens (including phenoxy) is 3. The number of hydrogen-bond donors (Lipinski definition) is 2. The Morgan fingerprint density at radius 2 is 1.84 bits per heavy atom. The minimum absolute atomic E-state index is 0.0284. The summed E-state index contributed by atoms with van der Waals surface area (Å²) in [7, 11) is 1.74. The summed E-state index contributed by atoms with van der Waals surface area (Å²) < 4.78 is 58.6. The second kappa shape index (κ2) is 15.6. The number of anilines is 1. The maximum absolute atomic E-state index is 15.5. The maximum atomic E-state index is 15.5. The van der Waals surface area contributed by atoms with E-state index in [4.69, 9.17) is 28.8 Å². The van der Waals surface area contributed by atoms with Gasteiger partial charge in [-0.15, -0.1) is 0 Å². The van der Waals surface area contributed by atoms with Gasteiger partial charge in [0, 0.05) is 55.2 Å². The summed E-state index contributed by atoms with van der Waals surface area (Å²) in [5, 5.41) is 18.2. The first-order valence-electron chi connectivity index (χ1n) is 22.9. The lowest BCUT2D eigenvalue weighted by molar-refractivity contribution is -0.0592. The minimum atomic E-state index is -0.821. The molecule has 4 aliphatic rings. The Labute approximate surface area is 383 Å². The molecule has 1 amide bonds. The molecular formula is C49H52F2N10O6. The van der Waals surface area contributed by atoms with Gasteiger partial charge in [0.05, 0.1) is 40.1 Å². The predicted molar refractivity (Wildman–Crippen MR) is 245 cm³/mol. The number of aromatic amines is 1. The number of carbonyl (C=O) groups excluding carboxylic acids is 1. The van der Waals surface area contributed by atoms with Gasteiger partial charge in [-0.1, -0.05) is 18.1 Å². The highest BCUT2D eigenvalue weighted by Crippen LogP contribution is 2.56. The molecule has 0 radical (unpaired) electrons. The van der Waals surface area contributed by atoms with Gasteiger partial charge in [0.2, 0.25) is 0 Å². The van der Waals surface area contributed by atoms with E-state index in [-0.39, 0.29) is 48.4 Å². The Morgan fingerprint density at radius 3 is 2.57 bits per heavy atom. The standard InChI is InChI=1S/C49H52F2N10O6/c1-25-14-33(15-26(2)42(25)51)61-43(54-46-53-32(24-65-46)23-64-34-18-36(50)35-22-52-58(7)39(35)19-34)41-28(4)59(12-10-37(41)56-61)44(62)40-17-31-16-29(30-11-13-66-48(5,6)21-30)8-9-38(31)60(40)49(20-27(49)3)45-55-47(63)67-57-45/h8-9,14-19,22,27-28,30,32H,10-13,20-21,23-24H2,1-7H3,(H,53,54)(H,55,57,63)/t27-,28-,30-,32-,49-/m0/s1. The number of rotatable bonds is 9. The molecule has 3 aliphatic heterocycles. The van der Waals surface area contributed by atoms with Crippen molar-refractivity contribution in [3.8, 4) is 11.4 Å². The van der Waals surface area contributed by atoms with Crippen LogP contribution in [0.3, 0.4) is 0 Å². The van der Waals surface area contributed by atoms with Crippen molar-refractivity contribution >= 4 is 39.6 Å². The monoisotopic (exact) mass is 914 g/mol. The predicted octanol–water partition coefficient (Wildman–Crippen LogP) is 7.75. The van der Waals surface area contributed by atoms with E-state index in [2.05, 4.69) is 64.1 Å². The van der Waals surface area contributed by atoms with Crippen LogP contribution in [-0.2, 0) is 28.5 Å². The summed E-state index contributed by atoms with van der Waals surface area (Å²) in [6.07, 6.45) is 4.31. The molecule has 1 saturated heterocycles. The summed E-state index contributed by atoms with van der Waals surface area (Å²) in [6.45, 7) is 13.1. The van der Waals surface area contributed by atoms with Gasteiger partial charge in [-0.2, -0.15) is 10.2 Å². The second-order valence-electron chi connectivity index (χ2n) is 19.3. The van der Waals surface area contributed by atoms with Crippen molar-refractivity contribution in [1.29, 1.82) is 0 Å². The van der Waals surface area contributed by atoms with E-state index in [1.54, 1.807) is 48.5 Å². The molecule has 1 saturated carbocycles. The van der Waals surface area contributed by atoms with Gasteiger partial charge < -0.3 is 23.7 Å². The molecule has 348 valence electrons. The number of amidine groups is 1. The van der Waals surface area contributed by atoms with Crippen LogP contribution in [0.15, 0.2) is 69.0 Å². The van der Waals surface area contributed by atoms with Crippen molar-refractivity contribution in [2.24, 2.45) is 18.0 Å². The molecule has 0 unspecified atom stereocenters. The Morgan fingerprint density at radius 1 is 1.04 bits per heavy atom. The molecule has 67 heavy (non-hydrogen) atoms. The quantitative estimate of drug-likeness (QED) is 0.146. The number of halogens is 2. The number of aliphatic imine (C=N–C) groups is 1. The average Bonchev–Trinajstić information content (AvgIpc) is 3.95. The van der Waals surface area contributed by atoms with Gasteiger partial charge in [0.25, 0.3) is 11.9 Å². The second-order valence-corrected chi connectivity index (χ2v) is 19.3. The molecule has 2 fully saturated rings. The molecule has 7 heterocycles. The topological polar surface area (TPSA) is 172 Å². The van der Waals surface area contributed by atoms with Crippen LogP contribution in [-0.4, -0.2) is 89.1 Å². The molecule has 11 rings (SSSR count). The first kappa shape index (κ1) is 42.8. The fourth-order valence-electron chi connectivity index (χ4n) is 10.7. The number of aromatic nitrogens is 7. The van der Waals surface area contributed by atoms with E-state index in [0.29, 0.717) is 76.8 Å². The van der Waals surface area contributed by atoms with Gasteiger partial charge in [-0.3, -0.25) is 24.3 Å². The van der Waals surface area contributed by atoms with E-state index in [9.17, 15) is 9.18 Å². The molecular weight excluding hydrogens is 863 g/mol. The molecule has 4 aromatic heterocycles. The summed E-state index contributed by atoms with van der Waals surface area (Å²) in [6, 6.07) is 14.2. The molecule has 18 heteroatoms. The third kappa shape index (κ3) is 7.18. The number of H-pyrrole nitrogens is 1. The van der Waals surface area contributed by atoms with Gasteiger partial charge >= 0.3 is 5.76 Å². The third-order valence-electron chi connectivity index (χ3n) is 14.3. The third-order valence-corrected chi connectivity index (χ3v) is 14.3. The highest BCUT2D eigenvalue weighted by Gasteiger charge is 2.59. The average molecular weight is 915 g/mol. The lowest BCUT2D eigenvalue weighted by Gasteiger charge is -2.35. The number of hydrogen-bond acceptors (Lipinski definition) is 11. The molecule has 0 bridgehead atoms. The number of nitrogens with zero attached hydrogens (tertiary/aromatic N) is 8. The van der Waals surface area contributed by atoms with Crippen molar-refractivity contribution in [3.63, 3.8) is 0 Å². The maximum Gasteiger partial charge on any atom is 0.438 e. The highest BCUT2D eigenvalue weighted by atomic mass is 19.1. The molecule has 3 aromatic carbocycles. The normalized spacial score (nSPS) is 23.4. The Kier molecular flexibility index (Phi) is 9.99. The van der Waals surface area contributed by atoms with Gasteiger partial charge in [-0.05, 0) is 113 Å². The number of amides is 1. The zero-order valence-corrected chi connectivity index (χ0v) is 38.4. The van der Waals surface area contributed by atoms with Gasteiger partial charge in [0.1, 0.15) is 53.7 Å². The van der Waals surface area contributed by atoms with Gasteiger partial charge in [-0.25, -0.2) is 23.2 Å². The van der Waals surface area contributed by atoms with E-state index < -0.39 is 29.2 Å². The van der Waals surface area contributed by atoms with Crippen molar-refractivity contribution < 1.29 is 32.3 Å². The van der Waals surface area contributed by atoms with Crippen LogP contribution < -0.4 is 15.8 Å². The minimum Gasteiger partial charge on any atom is -0.491 e. The number of fused-ring (bicyclic) bond motifs is 3. The van der Waals surface area contributed by atoms with E-state index in [1.165, 1.54) is 17.8 Å². The number of nitrogens with one attached hydrogen (secondary N) is 2. The van der Waals surface area contributed by atoms with Crippen LogP contribution in [0.5, 0.6) is 5.75 Å². The highest BCUT2D eigenvalue weighted by molar-refractivity contribution is 6.00. The van der Waals surface area contributed by atoms with E-state index in [0.717, 1.165) is 35.0 Å². The van der Waals surface area contributed by atoms with Crippen LogP contribution in [0, 0.1) is 31.4 Å². The van der Waals surface area contributed by atoms with Crippen LogP contribution in [0.25, 0.3) is 27.5 Å². The summed E-state index contributed by atoms with van der Waals surface area (Å²) >= 11 is 0. The SMILES string of the molecule is Cc1cc(-n2nc3c(c2NC2=N[C@@H](COc4cc(F)c5cnn(C)c5c4)CO2)[C@H](C)N(C(=O)c2cc4cc([C@H]5CCOC(C)(C)C5)ccc4n2[C@@]2(c4noc(=O)[nH]4)C[C@@H]2C)CC3)cc(C)c1F.